The first-order valence-corrected chi connectivity index (χ1v) is 11.0. The van der Waals surface area contributed by atoms with E-state index in [2.05, 4.69) is 113 Å². The number of anilines is 2. The Morgan fingerprint density at radius 2 is 1.09 bits per heavy atom. The minimum atomic E-state index is 0.132. The van der Waals surface area contributed by atoms with Crippen molar-refractivity contribution in [3.63, 3.8) is 0 Å². The number of para-hydroxylation sites is 2. The summed E-state index contributed by atoms with van der Waals surface area (Å²) in [6.45, 7) is 0.132. The van der Waals surface area contributed by atoms with Crippen LogP contribution in [0, 0.1) is 0 Å². The largest absolute Gasteiger partial charge is 0.376 e. The molecule has 3 heterocycles. The second kappa shape index (κ2) is 6.70. The highest BCUT2D eigenvalue weighted by atomic mass is 15.1. The van der Waals surface area contributed by atoms with Crippen molar-refractivity contribution in [2.24, 2.45) is 0 Å². The Bertz CT molecular complexity index is 1490. The monoisotopic (exact) mass is 406 g/mol. The van der Waals surface area contributed by atoms with Crippen LogP contribution in [0.2, 0.25) is 0 Å². The SMILES string of the molecule is c1ccc2c(c1)B1c3cc(-c4ccncc4)ccc3-c3ccccc3N1c1ccccc1-2. The van der Waals surface area contributed by atoms with Gasteiger partial charge in [0.05, 0.1) is 0 Å². The number of pyridine rings is 1. The number of rotatable bonds is 1. The third-order valence-corrected chi connectivity index (χ3v) is 6.78. The van der Waals surface area contributed by atoms with Gasteiger partial charge in [0.2, 0.25) is 0 Å². The first kappa shape index (κ1) is 17.6. The second-order valence-electron chi connectivity index (χ2n) is 8.43. The summed E-state index contributed by atoms with van der Waals surface area (Å²) in [7, 11) is 0. The van der Waals surface area contributed by atoms with Crippen molar-refractivity contribution in [3.05, 3.63) is 116 Å². The predicted octanol–water partition coefficient (Wildman–Crippen LogP) is 5.65. The van der Waals surface area contributed by atoms with E-state index >= 15 is 0 Å². The van der Waals surface area contributed by atoms with E-state index in [1.165, 1.54) is 55.7 Å². The average molecular weight is 406 g/mol. The number of benzene rings is 4. The van der Waals surface area contributed by atoms with Crippen LogP contribution in [0.3, 0.4) is 0 Å². The van der Waals surface area contributed by atoms with E-state index in [1.54, 1.807) is 0 Å². The Kier molecular flexibility index (Phi) is 3.68. The zero-order valence-electron chi connectivity index (χ0n) is 17.4. The standard InChI is InChI=1S/C29H19BN2/c1-4-10-26-22(7-1)24-8-2-5-11-28(24)32-29-12-6-3-9-25(29)23-14-13-21(19-27(23)30(26)32)20-15-17-31-18-16-20/h1-19H. The molecule has 5 aromatic rings. The quantitative estimate of drug-likeness (QED) is 0.334. The molecule has 0 radical (unpaired) electrons. The van der Waals surface area contributed by atoms with Gasteiger partial charge in [-0.05, 0) is 57.4 Å². The molecule has 0 unspecified atom stereocenters. The van der Waals surface area contributed by atoms with Crippen LogP contribution >= 0.6 is 0 Å². The predicted molar refractivity (Wildman–Crippen MR) is 134 cm³/mol. The van der Waals surface area contributed by atoms with Gasteiger partial charge in [0.15, 0.2) is 0 Å². The number of fused-ring (bicyclic) bond motifs is 11. The molecule has 7 rings (SSSR count). The lowest BCUT2D eigenvalue weighted by Crippen LogP contribution is -2.59. The van der Waals surface area contributed by atoms with E-state index < -0.39 is 0 Å². The summed E-state index contributed by atoms with van der Waals surface area (Å²) in [5, 5.41) is 0. The highest BCUT2D eigenvalue weighted by Gasteiger charge is 2.41. The molecular weight excluding hydrogens is 387 g/mol. The molecule has 0 spiro atoms. The molecule has 0 fully saturated rings. The van der Waals surface area contributed by atoms with E-state index in [1.807, 2.05) is 12.4 Å². The van der Waals surface area contributed by atoms with Gasteiger partial charge in [-0.25, -0.2) is 0 Å². The molecule has 0 saturated heterocycles. The van der Waals surface area contributed by atoms with Gasteiger partial charge in [0, 0.05) is 34.9 Å². The molecule has 0 saturated carbocycles. The minimum absolute atomic E-state index is 0.132. The lowest BCUT2D eigenvalue weighted by atomic mass is 9.43. The van der Waals surface area contributed by atoms with Crippen molar-refractivity contribution in [2.45, 2.75) is 0 Å². The normalized spacial score (nSPS) is 12.9. The highest BCUT2D eigenvalue weighted by Crippen LogP contribution is 2.45. The Morgan fingerprint density at radius 3 is 1.81 bits per heavy atom. The van der Waals surface area contributed by atoms with E-state index in [4.69, 9.17) is 0 Å². The molecule has 1 aromatic heterocycles. The van der Waals surface area contributed by atoms with Gasteiger partial charge in [-0.15, -0.1) is 0 Å². The van der Waals surface area contributed by atoms with E-state index in [9.17, 15) is 0 Å². The topological polar surface area (TPSA) is 16.1 Å². The summed E-state index contributed by atoms with van der Waals surface area (Å²) in [5.74, 6) is 0. The Balaban J connectivity index is 1.57. The van der Waals surface area contributed by atoms with Crippen LogP contribution in [0.25, 0.3) is 33.4 Å². The molecule has 0 N–H and O–H groups in total. The first-order valence-electron chi connectivity index (χ1n) is 11.0. The van der Waals surface area contributed by atoms with Crippen molar-refractivity contribution in [3.8, 4) is 33.4 Å². The van der Waals surface area contributed by atoms with E-state index in [-0.39, 0.29) is 6.85 Å². The summed E-state index contributed by atoms with van der Waals surface area (Å²) < 4.78 is 0. The van der Waals surface area contributed by atoms with Crippen LogP contribution in [-0.4, -0.2) is 11.8 Å². The zero-order chi connectivity index (χ0) is 21.1. The molecule has 0 aliphatic carbocycles. The maximum absolute atomic E-state index is 4.20. The van der Waals surface area contributed by atoms with Gasteiger partial charge in [-0.3, -0.25) is 4.98 Å². The molecule has 0 amide bonds. The van der Waals surface area contributed by atoms with Gasteiger partial charge in [-0.2, -0.15) is 0 Å². The molecule has 4 aromatic carbocycles. The van der Waals surface area contributed by atoms with Gasteiger partial charge < -0.3 is 4.81 Å². The smallest absolute Gasteiger partial charge is 0.329 e. The van der Waals surface area contributed by atoms with Crippen LogP contribution in [0.5, 0.6) is 0 Å². The van der Waals surface area contributed by atoms with Crippen LogP contribution in [0.15, 0.2) is 116 Å². The first-order chi connectivity index (χ1) is 15.9. The fraction of sp³-hybridized carbons (Fsp3) is 0. The fourth-order valence-corrected chi connectivity index (χ4v) is 5.42. The number of nitrogens with zero attached hydrogens (tertiary/aromatic N) is 2. The summed E-state index contributed by atoms with van der Waals surface area (Å²) >= 11 is 0. The lowest BCUT2D eigenvalue weighted by molar-refractivity contribution is 1.33. The Labute approximate surface area is 187 Å². The molecular formula is C29H19BN2. The highest BCUT2D eigenvalue weighted by molar-refractivity contribution is 6.92. The Hall–Kier alpha value is -4.11. The van der Waals surface area contributed by atoms with E-state index in [0.29, 0.717) is 0 Å². The van der Waals surface area contributed by atoms with E-state index in [0.717, 1.165) is 0 Å². The second-order valence-corrected chi connectivity index (χ2v) is 8.43. The molecule has 148 valence electrons. The van der Waals surface area contributed by atoms with Crippen molar-refractivity contribution >= 4 is 29.1 Å². The summed E-state index contributed by atoms with van der Waals surface area (Å²) in [5.41, 5.74) is 12.9. The zero-order valence-corrected chi connectivity index (χ0v) is 17.4. The summed E-state index contributed by atoms with van der Waals surface area (Å²) in [6, 6.07) is 37.5. The van der Waals surface area contributed by atoms with Gasteiger partial charge in [0.1, 0.15) is 0 Å². The summed E-state index contributed by atoms with van der Waals surface area (Å²) in [4.78, 5) is 6.73. The molecule has 2 nitrogen and oxygen atoms in total. The molecule has 2 aliphatic heterocycles. The Morgan fingerprint density at radius 1 is 0.500 bits per heavy atom. The third-order valence-electron chi connectivity index (χ3n) is 6.78. The number of aromatic nitrogens is 1. The van der Waals surface area contributed by atoms with Crippen molar-refractivity contribution in [1.82, 2.24) is 4.98 Å². The number of hydrogen-bond acceptors (Lipinski definition) is 2. The van der Waals surface area contributed by atoms with Crippen LogP contribution in [0.1, 0.15) is 0 Å². The van der Waals surface area contributed by atoms with Crippen LogP contribution in [0.4, 0.5) is 11.4 Å². The minimum Gasteiger partial charge on any atom is -0.376 e. The number of hydrogen-bond donors (Lipinski definition) is 0. The maximum Gasteiger partial charge on any atom is 0.329 e. The van der Waals surface area contributed by atoms with Crippen LogP contribution < -0.4 is 15.7 Å². The fourth-order valence-electron chi connectivity index (χ4n) is 5.42. The molecule has 0 atom stereocenters. The molecule has 2 aliphatic rings. The van der Waals surface area contributed by atoms with Crippen molar-refractivity contribution in [1.29, 1.82) is 0 Å². The average Bonchev–Trinajstić information content (AvgIpc) is 2.88. The van der Waals surface area contributed by atoms with Gasteiger partial charge in [-0.1, -0.05) is 78.9 Å². The molecule has 32 heavy (non-hydrogen) atoms. The third kappa shape index (κ3) is 2.39. The van der Waals surface area contributed by atoms with Gasteiger partial charge in [0.25, 0.3) is 0 Å². The maximum atomic E-state index is 4.20. The lowest BCUT2D eigenvalue weighted by Gasteiger charge is -2.43. The molecule has 3 heteroatoms. The molecule has 0 bridgehead atoms. The van der Waals surface area contributed by atoms with Gasteiger partial charge >= 0.3 is 6.85 Å². The van der Waals surface area contributed by atoms with Crippen molar-refractivity contribution < 1.29 is 0 Å². The van der Waals surface area contributed by atoms with Crippen LogP contribution in [-0.2, 0) is 0 Å². The summed E-state index contributed by atoms with van der Waals surface area (Å²) in [6.07, 6.45) is 3.73. The van der Waals surface area contributed by atoms with Crippen molar-refractivity contribution in [2.75, 3.05) is 4.81 Å².